The van der Waals surface area contributed by atoms with Crippen LogP contribution in [0, 0.1) is 0 Å². The van der Waals surface area contributed by atoms with Crippen LogP contribution in [0.5, 0.6) is 0 Å². The highest BCUT2D eigenvalue weighted by molar-refractivity contribution is 7.18. The highest BCUT2D eigenvalue weighted by Crippen LogP contribution is 2.22. The number of para-hydroxylation sites is 1. The quantitative estimate of drug-likeness (QED) is 0.702. The molecule has 0 spiro atoms. The minimum absolute atomic E-state index is 0.0175. The number of aromatic nitrogens is 1. The number of likely N-dealkylation sites (N-methyl/N-ethyl adjacent to an activating group) is 1. The molecule has 0 aliphatic heterocycles. The van der Waals surface area contributed by atoms with E-state index in [4.69, 9.17) is 11.6 Å². The van der Waals surface area contributed by atoms with E-state index in [-0.39, 0.29) is 11.9 Å². The Morgan fingerprint density at radius 3 is 2.84 bits per heavy atom. The number of halogens is 1. The fourth-order valence-corrected chi connectivity index (χ4v) is 3.91. The third-order valence-electron chi connectivity index (χ3n) is 3.88. The first-order valence-electron chi connectivity index (χ1n) is 8.09. The molecular weight excluding hydrogens is 354 g/mol. The molecule has 25 heavy (non-hydrogen) atoms. The maximum atomic E-state index is 12.3. The number of carbonyl (C=O) groups is 1. The summed E-state index contributed by atoms with van der Waals surface area (Å²) in [4.78, 5) is 18.9. The van der Waals surface area contributed by atoms with Crippen LogP contribution in [-0.4, -0.2) is 29.4 Å². The van der Waals surface area contributed by atoms with Crippen molar-refractivity contribution in [2.45, 2.75) is 19.5 Å². The lowest BCUT2D eigenvalue weighted by atomic mass is 10.1. The third-order valence-corrected chi connectivity index (χ3v) is 5.14. The van der Waals surface area contributed by atoms with Crippen molar-refractivity contribution in [3.63, 3.8) is 0 Å². The van der Waals surface area contributed by atoms with Crippen molar-refractivity contribution in [2.75, 3.05) is 13.6 Å². The van der Waals surface area contributed by atoms with Gasteiger partial charge in [0.1, 0.15) is 5.01 Å². The summed E-state index contributed by atoms with van der Waals surface area (Å²) in [5.74, 6) is -0.0175. The summed E-state index contributed by atoms with van der Waals surface area (Å²) < 4.78 is 1.17. The Morgan fingerprint density at radius 2 is 2.08 bits per heavy atom. The molecule has 0 aliphatic rings. The van der Waals surface area contributed by atoms with Gasteiger partial charge in [0.15, 0.2) is 0 Å². The summed E-state index contributed by atoms with van der Waals surface area (Å²) in [5.41, 5.74) is 2.00. The van der Waals surface area contributed by atoms with E-state index < -0.39 is 0 Å². The number of hydrogen-bond acceptors (Lipinski definition) is 4. The Bertz CT molecular complexity index is 847. The molecule has 3 rings (SSSR count). The lowest BCUT2D eigenvalue weighted by Crippen LogP contribution is -2.36. The van der Waals surface area contributed by atoms with E-state index in [2.05, 4.69) is 16.4 Å². The van der Waals surface area contributed by atoms with Crippen molar-refractivity contribution in [3.05, 3.63) is 64.1 Å². The summed E-state index contributed by atoms with van der Waals surface area (Å²) in [6, 6.07) is 15.5. The summed E-state index contributed by atoms with van der Waals surface area (Å²) in [7, 11) is 1.93. The van der Waals surface area contributed by atoms with Crippen molar-refractivity contribution in [3.8, 4) is 0 Å². The SMILES string of the molecule is CC(NC(=O)CN(C)Cc1nc2ccccc2s1)c1cccc(Cl)c1. The standard InChI is InChI=1S/C19H20ClN3OS/c1-13(14-6-5-7-15(20)10-14)21-18(24)11-23(2)12-19-22-16-8-3-4-9-17(16)25-19/h3-10,13H,11-12H2,1-2H3,(H,21,24). The summed E-state index contributed by atoms with van der Waals surface area (Å²) in [6.45, 7) is 2.93. The summed E-state index contributed by atoms with van der Waals surface area (Å²) >= 11 is 7.67. The van der Waals surface area contributed by atoms with Gasteiger partial charge in [0.05, 0.1) is 29.3 Å². The molecule has 0 aliphatic carbocycles. The van der Waals surface area contributed by atoms with Crippen LogP contribution in [0.25, 0.3) is 10.2 Å². The lowest BCUT2D eigenvalue weighted by Gasteiger charge is -2.18. The van der Waals surface area contributed by atoms with Gasteiger partial charge in [0, 0.05) is 5.02 Å². The molecule has 0 radical (unpaired) electrons. The van der Waals surface area contributed by atoms with Crippen LogP contribution in [-0.2, 0) is 11.3 Å². The second-order valence-electron chi connectivity index (χ2n) is 6.09. The smallest absolute Gasteiger partial charge is 0.234 e. The first-order valence-corrected chi connectivity index (χ1v) is 9.28. The van der Waals surface area contributed by atoms with E-state index in [1.165, 1.54) is 4.70 Å². The number of benzene rings is 2. The van der Waals surface area contributed by atoms with Crippen LogP contribution < -0.4 is 5.32 Å². The Labute approximate surface area is 156 Å². The van der Waals surface area contributed by atoms with Crippen molar-refractivity contribution in [1.82, 2.24) is 15.2 Å². The molecule has 1 unspecified atom stereocenters. The zero-order valence-corrected chi connectivity index (χ0v) is 15.8. The minimum Gasteiger partial charge on any atom is -0.348 e. The molecule has 1 amide bonds. The molecule has 0 fully saturated rings. The second kappa shape index (κ2) is 7.95. The predicted octanol–water partition coefficient (Wildman–Crippen LogP) is 4.26. The fourth-order valence-electron chi connectivity index (χ4n) is 2.67. The van der Waals surface area contributed by atoms with Gasteiger partial charge in [-0.25, -0.2) is 4.98 Å². The van der Waals surface area contributed by atoms with E-state index in [9.17, 15) is 4.79 Å². The summed E-state index contributed by atoms with van der Waals surface area (Å²) in [6.07, 6.45) is 0. The number of amides is 1. The zero-order valence-electron chi connectivity index (χ0n) is 14.2. The maximum absolute atomic E-state index is 12.3. The normalized spacial score (nSPS) is 12.5. The van der Waals surface area contributed by atoms with Crippen LogP contribution in [0.1, 0.15) is 23.5 Å². The third kappa shape index (κ3) is 4.78. The first kappa shape index (κ1) is 17.9. The lowest BCUT2D eigenvalue weighted by molar-refractivity contribution is -0.122. The van der Waals surface area contributed by atoms with Crippen LogP contribution in [0.3, 0.4) is 0 Å². The van der Waals surface area contributed by atoms with Crippen LogP contribution in [0.2, 0.25) is 5.02 Å². The van der Waals surface area contributed by atoms with Gasteiger partial charge in [-0.1, -0.05) is 35.9 Å². The highest BCUT2D eigenvalue weighted by atomic mass is 35.5. The minimum atomic E-state index is -0.0814. The number of nitrogens with zero attached hydrogens (tertiary/aromatic N) is 2. The van der Waals surface area contributed by atoms with E-state index in [0.29, 0.717) is 18.1 Å². The van der Waals surface area contributed by atoms with Gasteiger partial charge in [0.25, 0.3) is 0 Å². The number of fused-ring (bicyclic) bond motifs is 1. The number of nitrogens with one attached hydrogen (secondary N) is 1. The number of carbonyl (C=O) groups excluding carboxylic acids is 1. The zero-order chi connectivity index (χ0) is 17.8. The first-order chi connectivity index (χ1) is 12.0. The van der Waals surface area contributed by atoms with Crippen LogP contribution in [0.15, 0.2) is 48.5 Å². The van der Waals surface area contributed by atoms with Crippen LogP contribution >= 0.6 is 22.9 Å². The van der Waals surface area contributed by atoms with Crippen molar-refractivity contribution in [1.29, 1.82) is 0 Å². The maximum Gasteiger partial charge on any atom is 0.234 e. The van der Waals surface area contributed by atoms with Gasteiger partial charge in [-0.3, -0.25) is 9.69 Å². The molecule has 3 aromatic rings. The van der Waals surface area contributed by atoms with Gasteiger partial charge in [-0.05, 0) is 43.8 Å². The average Bonchev–Trinajstić information content (AvgIpc) is 2.96. The molecule has 1 N–H and O–H groups in total. The number of hydrogen-bond donors (Lipinski definition) is 1. The van der Waals surface area contributed by atoms with E-state index in [0.717, 1.165) is 16.1 Å². The molecule has 0 saturated heterocycles. The van der Waals surface area contributed by atoms with Gasteiger partial charge in [0.2, 0.25) is 5.91 Å². The Hall–Kier alpha value is -1.95. The molecule has 4 nitrogen and oxygen atoms in total. The van der Waals surface area contributed by atoms with Crippen molar-refractivity contribution < 1.29 is 4.79 Å². The Balaban J connectivity index is 1.55. The molecule has 0 saturated carbocycles. The molecule has 2 aromatic carbocycles. The predicted molar refractivity (Wildman–Crippen MR) is 104 cm³/mol. The largest absolute Gasteiger partial charge is 0.348 e. The van der Waals surface area contributed by atoms with Gasteiger partial charge >= 0.3 is 0 Å². The number of thiazole rings is 1. The Kier molecular flexibility index (Phi) is 5.68. The van der Waals surface area contributed by atoms with Gasteiger partial charge < -0.3 is 5.32 Å². The van der Waals surface area contributed by atoms with Crippen LogP contribution in [0.4, 0.5) is 0 Å². The molecule has 0 bridgehead atoms. The fraction of sp³-hybridized carbons (Fsp3) is 0.263. The Morgan fingerprint density at radius 1 is 1.28 bits per heavy atom. The van der Waals surface area contributed by atoms with Crippen molar-refractivity contribution >= 4 is 39.1 Å². The topological polar surface area (TPSA) is 45.2 Å². The van der Waals surface area contributed by atoms with Crippen molar-refractivity contribution in [2.24, 2.45) is 0 Å². The second-order valence-corrected chi connectivity index (χ2v) is 7.64. The average molecular weight is 374 g/mol. The molecule has 1 atom stereocenters. The number of rotatable bonds is 6. The van der Waals surface area contributed by atoms with Gasteiger partial charge in [-0.2, -0.15) is 0 Å². The van der Waals surface area contributed by atoms with E-state index >= 15 is 0 Å². The molecule has 130 valence electrons. The molecular formula is C19H20ClN3OS. The highest BCUT2D eigenvalue weighted by Gasteiger charge is 2.13. The molecule has 1 aromatic heterocycles. The monoisotopic (exact) mass is 373 g/mol. The van der Waals surface area contributed by atoms with E-state index in [1.54, 1.807) is 11.3 Å². The molecule has 1 heterocycles. The van der Waals surface area contributed by atoms with Gasteiger partial charge in [-0.15, -0.1) is 11.3 Å². The van der Waals surface area contributed by atoms with E-state index in [1.807, 2.05) is 61.3 Å². The summed E-state index contributed by atoms with van der Waals surface area (Å²) in [5, 5.41) is 4.70. The molecule has 6 heteroatoms.